The summed E-state index contributed by atoms with van der Waals surface area (Å²) in [6, 6.07) is 10.3. The van der Waals surface area contributed by atoms with Crippen molar-refractivity contribution in [3.63, 3.8) is 0 Å². The smallest absolute Gasteiger partial charge is 0.309 e. The Kier molecular flexibility index (Phi) is 13.3. The first-order valence-corrected chi connectivity index (χ1v) is 30.7. The standard InChI is InChI=1S/C39H51NO3.C31H43NO4/c1-34(2)18-20-39(31(42)15-14-25-12-10-9-11-13-25)21-19-38(7)32(26(39)23-34)28(41)22-30-36(5)24-27(40-8)33(43)35(3,4)29(36)16-17-37(30,38)6;1-26(2)11-13-31(25(35)36)14-12-30(7)23(18(31)16-26)20(33)15-22-28(5)17-19(32-8)24(34)27(3,4)21(28)9-10-29(22,30)6/h9-13,24,26,29-30,32H,14-23H2,1-7H3;17-18,21-23H,9-16H2,1-7H3,(H,35,36)/t26-,29-,30+,32-,36-,37+,38+,39-;18-,21-,22+,23-,28-,29+,30+,31-/m00/s1. The average Bonchev–Trinajstić information content (AvgIpc) is 2.06. The lowest BCUT2D eigenvalue weighted by Gasteiger charge is -2.72. The van der Waals surface area contributed by atoms with Crippen molar-refractivity contribution >= 4 is 34.9 Å². The Hall–Kier alpha value is -4.50. The summed E-state index contributed by atoms with van der Waals surface area (Å²) in [4.78, 5) is 90.2. The molecular weight excluding hydrogens is 981 g/mol. The molecule has 0 amide bonds. The molecule has 8 saturated carbocycles. The minimum Gasteiger partial charge on any atom is -0.481 e. The number of ketones is 5. The predicted molar refractivity (Wildman–Crippen MR) is 307 cm³/mol. The van der Waals surface area contributed by atoms with Gasteiger partial charge in [0.15, 0.2) is 11.6 Å². The summed E-state index contributed by atoms with van der Waals surface area (Å²) in [6.45, 7) is 46.6. The molecule has 0 radical (unpaired) electrons. The molecule has 11 rings (SSSR count). The summed E-state index contributed by atoms with van der Waals surface area (Å²) in [7, 11) is 0. The zero-order valence-corrected chi connectivity index (χ0v) is 50.7. The quantitative estimate of drug-likeness (QED) is 0.291. The minimum absolute atomic E-state index is 0.0323. The van der Waals surface area contributed by atoms with Gasteiger partial charge >= 0.3 is 5.97 Å². The number of carbonyl (C=O) groups excluding carboxylic acids is 5. The highest BCUT2D eigenvalue weighted by atomic mass is 16.4. The zero-order valence-electron chi connectivity index (χ0n) is 50.7. The number of carboxylic acids is 1. The van der Waals surface area contributed by atoms with Crippen LogP contribution in [-0.4, -0.2) is 40.0 Å². The molecule has 16 atom stereocenters. The lowest BCUT2D eigenvalue weighted by Crippen LogP contribution is -2.69. The fraction of sp³-hybridized carbons (Fsp3) is 0.743. The molecule has 426 valence electrons. The number of hydrogen-bond donors (Lipinski definition) is 1. The fourth-order valence-corrected chi connectivity index (χ4v) is 22.6. The number of hydrogen-bond acceptors (Lipinski definition) is 6. The largest absolute Gasteiger partial charge is 0.481 e. The van der Waals surface area contributed by atoms with Crippen LogP contribution in [0, 0.1) is 125 Å². The number of nitrogens with zero attached hydrogens (tertiary/aromatic N) is 2. The lowest BCUT2D eigenvalue weighted by atomic mass is 9.31. The number of aliphatic carboxylic acids is 1. The van der Waals surface area contributed by atoms with Crippen LogP contribution in [0.5, 0.6) is 0 Å². The van der Waals surface area contributed by atoms with E-state index in [4.69, 9.17) is 13.1 Å². The van der Waals surface area contributed by atoms with E-state index < -0.39 is 33.0 Å². The average molecular weight is 1080 g/mol. The molecule has 79 heavy (non-hydrogen) atoms. The third-order valence-electron chi connectivity index (χ3n) is 27.4. The number of rotatable bonds is 5. The van der Waals surface area contributed by atoms with E-state index in [0.29, 0.717) is 43.7 Å². The van der Waals surface area contributed by atoms with Crippen LogP contribution in [0.25, 0.3) is 9.69 Å². The number of benzene rings is 1. The van der Waals surface area contributed by atoms with Gasteiger partial charge in [0.1, 0.15) is 17.3 Å². The van der Waals surface area contributed by atoms with Gasteiger partial charge in [-0.25, -0.2) is 9.69 Å². The van der Waals surface area contributed by atoms with Crippen molar-refractivity contribution in [2.24, 2.45) is 112 Å². The van der Waals surface area contributed by atoms with Gasteiger partial charge in [0.05, 0.1) is 18.6 Å². The maximum absolute atomic E-state index is 14.8. The topological polar surface area (TPSA) is 131 Å². The van der Waals surface area contributed by atoms with Crippen molar-refractivity contribution in [1.29, 1.82) is 0 Å². The van der Waals surface area contributed by atoms with Crippen LogP contribution in [0.15, 0.2) is 53.9 Å². The first-order valence-electron chi connectivity index (χ1n) is 30.7. The summed E-state index contributed by atoms with van der Waals surface area (Å²) >= 11 is 0. The zero-order chi connectivity index (χ0) is 57.9. The Balaban J connectivity index is 0.000000181. The minimum atomic E-state index is -0.796. The number of aryl methyl sites for hydroxylation is 1. The van der Waals surface area contributed by atoms with Gasteiger partial charge in [-0.05, 0) is 181 Å². The fourth-order valence-electron chi connectivity index (χ4n) is 22.6. The number of carboxylic acid groups (broad SMARTS) is 1. The molecule has 8 fully saturated rings. The first kappa shape index (κ1) is 57.7. The molecule has 0 heterocycles. The third-order valence-corrected chi connectivity index (χ3v) is 27.4. The summed E-state index contributed by atoms with van der Waals surface area (Å²) in [6.07, 6.45) is 18.2. The van der Waals surface area contributed by atoms with E-state index in [1.165, 1.54) is 5.56 Å². The van der Waals surface area contributed by atoms with Gasteiger partial charge in [-0.3, -0.25) is 19.2 Å². The van der Waals surface area contributed by atoms with E-state index in [-0.39, 0.29) is 114 Å². The SMILES string of the molecule is [C-]#[N+]C1=C[C@]2(C)[C@H]3CC(=O)[C@@H]4[C@@H]5CC(C)(C)CC[C@]5(C(=O)CCc5ccccc5)CC[C@@]4(C)[C@]3(C)CC[C@H]2C(C)(C)C1=O.[C-]#[N+]C1=C[C@]2(C)[C@H]3CC(=O)[C@@H]4[C@@H]5CC(C)(C)CC[C@]5(C(=O)O)CC[C@@]4(C)[C@]3(C)CC[C@H]2C(C)(C)C1=O. The van der Waals surface area contributed by atoms with Crippen LogP contribution in [0.4, 0.5) is 0 Å². The molecule has 0 saturated heterocycles. The van der Waals surface area contributed by atoms with Gasteiger partial charge in [0.2, 0.25) is 11.4 Å². The molecule has 9 nitrogen and oxygen atoms in total. The maximum atomic E-state index is 14.8. The highest BCUT2D eigenvalue weighted by Crippen LogP contribution is 2.78. The Morgan fingerprint density at radius 2 is 0.911 bits per heavy atom. The van der Waals surface area contributed by atoms with Crippen LogP contribution in [0.3, 0.4) is 0 Å². The number of fused-ring (bicyclic) bond motifs is 14. The molecule has 1 N–H and O–H groups in total. The van der Waals surface area contributed by atoms with Gasteiger partial charge in [0.25, 0.3) is 0 Å². The summed E-state index contributed by atoms with van der Waals surface area (Å²) in [5.41, 5.74) is -2.23. The molecule has 0 spiro atoms. The second-order valence-corrected chi connectivity index (χ2v) is 32.3. The molecule has 1 aromatic carbocycles. The molecular formula is C70H94N2O7. The highest BCUT2D eigenvalue weighted by Gasteiger charge is 2.75. The Labute approximate surface area is 473 Å². The molecule has 0 unspecified atom stereocenters. The summed E-state index contributed by atoms with van der Waals surface area (Å²) in [5.74, 6) is 0.0170. The van der Waals surface area contributed by atoms with Gasteiger partial charge < -0.3 is 14.7 Å². The van der Waals surface area contributed by atoms with E-state index in [1.54, 1.807) is 0 Å². The lowest BCUT2D eigenvalue weighted by molar-refractivity contribution is -0.225. The van der Waals surface area contributed by atoms with E-state index in [0.717, 1.165) is 83.5 Å². The van der Waals surface area contributed by atoms with Crippen LogP contribution in [0.2, 0.25) is 0 Å². The molecule has 1 aromatic rings. The van der Waals surface area contributed by atoms with E-state index >= 15 is 0 Å². The monoisotopic (exact) mass is 1070 g/mol. The number of allylic oxidation sites excluding steroid dienone is 4. The molecule has 10 aliphatic carbocycles. The highest BCUT2D eigenvalue weighted by molar-refractivity contribution is 6.03. The summed E-state index contributed by atoms with van der Waals surface area (Å²) in [5, 5.41) is 10.5. The third kappa shape index (κ3) is 7.87. The van der Waals surface area contributed by atoms with E-state index in [9.17, 15) is 33.9 Å². The van der Waals surface area contributed by atoms with Gasteiger partial charge in [0, 0.05) is 47.3 Å². The first-order chi connectivity index (χ1) is 36.6. The summed E-state index contributed by atoms with van der Waals surface area (Å²) < 4.78 is 0. The van der Waals surface area contributed by atoms with Crippen LogP contribution >= 0.6 is 0 Å². The molecule has 10 aliphatic rings. The molecule has 0 aromatic heterocycles. The van der Waals surface area contributed by atoms with Crippen molar-refractivity contribution in [2.75, 3.05) is 0 Å². The number of carbonyl (C=O) groups is 6. The van der Waals surface area contributed by atoms with Crippen LogP contribution in [0.1, 0.15) is 212 Å². The van der Waals surface area contributed by atoms with Crippen LogP contribution < -0.4 is 0 Å². The Morgan fingerprint density at radius 3 is 1.33 bits per heavy atom. The van der Waals surface area contributed by atoms with Crippen molar-refractivity contribution in [1.82, 2.24) is 0 Å². The normalized spacial score (nSPS) is 45.6. The second kappa shape index (κ2) is 18.2. The van der Waals surface area contributed by atoms with Crippen molar-refractivity contribution in [2.45, 2.75) is 213 Å². The van der Waals surface area contributed by atoms with E-state index in [2.05, 4.69) is 91.1 Å². The van der Waals surface area contributed by atoms with Gasteiger partial charge in [-0.15, -0.1) is 0 Å². The van der Waals surface area contributed by atoms with Gasteiger partial charge in [-0.2, -0.15) is 0 Å². The van der Waals surface area contributed by atoms with Gasteiger partial charge in [-0.1, -0.05) is 139 Å². The number of Topliss-reactive ketones (excluding diaryl/α,β-unsaturated/α-hetero) is 5. The second-order valence-electron chi connectivity index (χ2n) is 32.3. The van der Waals surface area contributed by atoms with Crippen molar-refractivity contribution in [3.8, 4) is 0 Å². The van der Waals surface area contributed by atoms with Crippen molar-refractivity contribution in [3.05, 3.63) is 82.3 Å². The molecule has 0 aliphatic heterocycles. The molecule has 9 heteroatoms. The maximum Gasteiger partial charge on any atom is 0.309 e. The Morgan fingerprint density at radius 1 is 0.519 bits per heavy atom. The van der Waals surface area contributed by atoms with Crippen molar-refractivity contribution < 1.29 is 33.9 Å². The van der Waals surface area contributed by atoms with Crippen LogP contribution in [-0.2, 0) is 35.2 Å². The molecule has 0 bridgehead atoms. The van der Waals surface area contributed by atoms with E-state index in [1.807, 2.05) is 58.0 Å². The predicted octanol–water partition coefficient (Wildman–Crippen LogP) is 15.6. The Bertz CT molecular complexity index is 2950.